The van der Waals surface area contributed by atoms with Crippen LogP contribution in [-0.2, 0) is 18.7 Å². The number of unbranched alkanes of at least 4 members (excludes halogenated alkanes) is 2. The molecule has 1 aliphatic carbocycles. The van der Waals surface area contributed by atoms with Crippen molar-refractivity contribution in [3.05, 3.63) is 64.2 Å². The van der Waals surface area contributed by atoms with Crippen molar-refractivity contribution in [1.82, 2.24) is 0 Å². The Morgan fingerprint density at radius 3 is 1.68 bits per heavy atom. The fraction of sp³-hybridized carbons (Fsp3) is 0.556. The predicted molar refractivity (Wildman–Crippen MR) is 120 cm³/mol. The number of benzene rings is 2. The molecule has 0 saturated heterocycles. The highest BCUT2D eigenvalue weighted by atomic mass is 19.4. The van der Waals surface area contributed by atoms with Gasteiger partial charge in [0.25, 0.3) is 0 Å². The Bertz CT molecular complexity index is 1010. The van der Waals surface area contributed by atoms with E-state index in [2.05, 4.69) is 11.7 Å². The lowest BCUT2D eigenvalue weighted by molar-refractivity contribution is -0.189. The standard InChI is InChI=1S/C27H29F9O/c1-2-3-4-5-16-6-8-17(9-7-16)10-11-18-12-20(28)25(21(29)13-18)27(35,36)37-19-14-22(30)24(23(31)15-19)26(32,33)34/h12-17H,2-11H2,1H3. The number of hydrogen-bond donors (Lipinski definition) is 0. The molecule has 0 atom stereocenters. The third kappa shape index (κ3) is 7.57. The van der Waals surface area contributed by atoms with Crippen molar-refractivity contribution in [3.8, 4) is 5.75 Å². The zero-order chi connectivity index (χ0) is 27.4. The van der Waals surface area contributed by atoms with E-state index < -0.39 is 52.4 Å². The van der Waals surface area contributed by atoms with E-state index in [-0.39, 0.29) is 24.1 Å². The quantitative estimate of drug-likeness (QED) is 0.215. The highest BCUT2D eigenvalue weighted by molar-refractivity contribution is 5.34. The van der Waals surface area contributed by atoms with Crippen molar-refractivity contribution in [2.24, 2.45) is 11.8 Å². The summed E-state index contributed by atoms with van der Waals surface area (Å²) >= 11 is 0. The second-order valence-electron chi connectivity index (χ2n) is 9.73. The van der Waals surface area contributed by atoms with E-state index in [4.69, 9.17) is 0 Å². The van der Waals surface area contributed by atoms with Gasteiger partial charge in [0.05, 0.1) is 0 Å². The summed E-state index contributed by atoms with van der Waals surface area (Å²) in [6.45, 7) is 2.16. The van der Waals surface area contributed by atoms with Crippen LogP contribution < -0.4 is 4.74 Å². The van der Waals surface area contributed by atoms with Gasteiger partial charge in [-0.25, -0.2) is 17.6 Å². The topological polar surface area (TPSA) is 9.23 Å². The molecule has 0 amide bonds. The SMILES string of the molecule is CCCCCC1CCC(CCc2cc(F)c(C(F)(F)Oc3cc(F)c(C(F)(F)F)c(F)c3)c(F)c2)CC1. The summed E-state index contributed by atoms with van der Waals surface area (Å²) in [5, 5.41) is 0. The van der Waals surface area contributed by atoms with Crippen molar-refractivity contribution in [2.45, 2.75) is 83.4 Å². The first-order valence-corrected chi connectivity index (χ1v) is 12.4. The first-order valence-electron chi connectivity index (χ1n) is 12.4. The van der Waals surface area contributed by atoms with Gasteiger partial charge < -0.3 is 4.74 Å². The minimum atomic E-state index is -5.42. The molecule has 0 bridgehead atoms. The van der Waals surface area contributed by atoms with Gasteiger partial charge in [-0.1, -0.05) is 58.3 Å². The first-order chi connectivity index (χ1) is 17.3. The Morgan fingerprint density at radius 1 is 0.703 bits per heavy atom. The van der Waals surface area contributed by atoms with Gasteiger partial charge in [-0.2, -0.15) is 22.0 Å². The zero-order valence-electron chi connectivity index (χ0n) is 20.3. The minimum Gasteiger partial charge on any atom is -0.429 e. The van der Waals surface area contributed by atoms with Crippen LogP contribution in [0.1, 0.15) is 81.4 Å². The Kier molecular flexibility index (Phi) is 9.45. The lowest BCUT2D eigenvalue weighted by Crippen LogP contribution is -2.26. The summed E-state index contributed by atoms with van der Waals surface area (Å²) in [5.74, 6) is -7.96. The molecule has 37 heavy (non-hydrogen) atoms. The summed E-state index contributed by atoms with van der Waals surface area (Å²) in [6.07, 6.45) is -0.209. The number of halogens is 9. The molecule has 1 fully saturated rings. The number of rotatable bonds is 10. The van der Waals surface area contributed by atoms with Gasteiger partial charge in [-0.05, 0) is 42.4 Å². The molecule has 3 rings (SSSR count). The highest BCUT2D eigenvalue weighted by Crippen LogP contribution is 2.40. The molecule has 206 valence electrons. The normalized spacial score (nSPS) is 18.8. The third-order valence-electron chi connectivity index (χ3n) is 6.96. The van der Waals surface area contributed by atoms with Crippen LogP contribution in [0.2, 0.25) is 0 Å². The molecule has 1 aliphatic rings. The summed E-state index contributed by atoms with van der Waals surface area (Å²) < 4.78 is 128. The van der Waals surface area contributed by atoms with E-state index in [1.165, 1.54) is 25.7 Å². The van der Waals surface area contributed by atoms with Crippen LogP contribution >= 0.6 is 0 Å². The molecule has 0 aliphatic heterocycles. The second-order valence-corrected chi connectivity index (χ2v) is 9.73. The second kappa shape index (κ2) is 12.0. The third-order valence-corrected chi connectivity index (χ3v) is 6.96. The molecule has 0 heterocycles. The fourth-order valence-electron chi connectivity index (χ4n) is 4.99. The van der Waals surface area contributed by atoms with E-state index >= 15 is 0 Å². The molecule has 1 nitrogen and oxygen atoms in total. The summed E-state index contributed by atoms with van der Waals surface area (Å²) in [7, 11) is 0. The maximum absolute atomic E-state index is 14.6. The van der Waals surface area contributed by atoms with Crippen LogP contribution in [0.25, 0.3) is 0 Å². The lowest BCUT2D eigenvalue weighted by Gasteiger charge is -2.28. The van der Waals surface area contributed by atoms with Crippen LogP contribution in [-0.4, -0.2) is 0 Å². The Morgan fingerprint density at radius 2 is 1.19 bits per heavy atom. The minimum absolute atomic E-state index is 0.122. The highest BCUT2D eigenvalue weighted by Gasteiger charge is 2.43. The van der Waals surface area contributed by atoms with Crippen molar-refractivity contribution in [1.29, 1.82) is 0 Å². The van der Waals surface area contributed by atoms with Crippen molar-refractivity contribution >= 4 is 0 Å². The summed E-state index contributed by atoms with van der Waals surface area (Å²) in [5.41, 5.74) is -3.93. The van der Waals surface area contributed by atoms with Gasteiger partial charge in [-0.3, -0.25) is 0 Å². The van der Waals surface area contributed by atoms with E-state index in [9.17, 15) is 39.5 Å². The molecular weight excluding hydrogens is 511 g/mol. The molecule has 0 aromatic heterocycles. The van der Waals surface area contributed by atoms with E-state index in [0.29, 0.717) is 18.3 Å². The van der Waals surface area contributed by atoms with Crippen LogP contribution in [0.15, 0.2) is 24.3 Å². The van der Waals surface area contributed by atoms with Gasteiger partial charge in [0, 0.05) is 12.1 Å². The number of hydrogen-bond acceptors (Lipinski definition) is 1. The Hall–Kier alpha value is -2.39. The Balaban J connectivity index is 1.65. The Labute approximate surface area is 210 Å². The molecule has 0 N–H and O–H groups in total. The molecule has 1 saturated carbocycles. The van der Waals surface area contributed by atoms with Gasteiger partial charge in [-0.15, -0.1) is 0 Å². The number of aryl methyl sites for hydroxylation is 1. The summed E-state index contributed by atoms with van der Waals surface area (Å²) in [4.78, 5) is 0. The molecule has 2 aromatic rings. The van der Waals surface area contributed by atoms with Gasteiger partial charge in [0.15, 0.2) is 0 Å². The number of ether oxygens (including phenoxy) is 1. The molecule has 0 spiro atoms. The average Bonchev–Trinajstić information content (AvgIpc) is 2.76. The summed E-state index contributed by atoms with van der Waals surface area (Å²) in [6, 6.07) is 1.25. The van der Waals surface area contributed by atoms with E-state index in [1.807, 2.05) is 0 Å². The fourth-order valence-corrected chi connectivity index (χ4v) is 4.99. The van der Waals surface area contributed by atoms with Gasteiger partial charge in [0.1, 0.15) is 40.1 Å². The molecule has 10 heteroatoms. The van der Waals surface area contributed by atoms with Crippen LogP contribution in [0.4, 0.5) is 39.5 Å². The maximum atomic E-state index is 14.6. The molecular formula is C27H29F9O. The largest absolute Gasteiger partial charge is 0.432 e. The zero-order valence-corrected chi connectivity index (χ0v) is 20.3. The smallest absolute Gasteiger partial charge is 0.429 e. The first kappa shape index (κ1) is 29.2. The van der Waals surface area contributed by atoms with Crippen molar-refractivity contribution in [3.63, 3.8) is 0 Å². The molecule has 2 aromatic carbocycles. The van der Waals surface area contributed by atoms with Gasteiger partial charge >= 0.3 is 12.3 Å². The maximum Gasteiger partial charge on any atom is 0.432 e. The molecule has 0 unspecified atom stereocenters. The number of alkyl halides is 5. The van der Waals surface area contributed by atoms with E-state index in [0.717, 1.165) is 37.8 Å². The van der Waals surface area contributed by atoms with Crippen LogP contribution in [0.3, 0.4) is 0 Å². The molecule has 0 radical (unpaired) electrons. The average molecular weight is 541 g/mol. The monoisotopic (exact) mass is 540 g/mol. The predicted octanol–water partition coefficient (Wildman–Crippen LogP) is 9.71. The van der Waals surface area contributed by atoms with E-state index in [1.54, 1.807) is 0 Å². The van der Waals surface area contributed by atoms with Gasteiger partial charge in [0.2, 0.25) is 0 Å². The van der Waals surface area contributed by atoms with Crippen LogP contribution in [0, 0.1) is 35.1 Å². The lowest BCUT2D eigenvalue weighted by atomic mass is 9.78. The van der Waals surface area contributed by atoms with Crippen molar-refractivity contribution in [2.75, 3.05) is 0 Å². The van der Waals surface area contributed by atoms with Crippen LogP contribution in [0.5, 0.6) is 5.75 Å². The van der Waals surface area contributed by atoms with Crippen molar-refractivity contribution < 1.29 is 44.3 Å².